The van der Waals surface area contributed by atoms with Gasteiger partial charge in [-0.15, -0.1) is 0 Å². The van der Waals surface area contributed by atoms with Crippen LogP contribution in [0.1, 0.15) is 53.9 Å². The first-order valence-electron chi connectivity index (χ1n) is 5.66. The molecule has 0 aliphatic heterocycles. The highest BCUT2D eigenvalue weighted by molar-refractivity contribution is 4.84. The van der Waals surface area contributed by atoms with Gasteiger partial charge in [-0.2, -0.15) is 0 Å². The average Bonchev–Trinajstić information content (AvgIpc) is 1.78. The summed E-state index contributed by atoms with van der Waals surface area (Å²) in [5.41, 5.74) is 0.444. The maximum atomic E-state index is 2.68. The molecule has 1 saturated carbocycles. The number of nitrogens with zero attached hydrogens (tertiary/aromatic N) is 1. The van der Waals surface area contributed by atoms with Crippen molar-refractivity contribution in [1.82, 2.24) is 4.90 Å². The van der Waals surface area contributed by atoms with Crippen molar-refractivity contribution in [2.24, 2.45) is 5.41 Å². The predicted molar refractivity (Wildman–Crippen MR) is 58.9 cm³/mol. The second-order valence-corrected chi connectivity index (χ2v) is 5.91. The minimum absolute atomic E-state index is 0.444. The molecule has 1 fully saturated rings. The zero-order valence-corrected chi connectivity index (χ0v) is 9.93. The van der Waals surface area contributed by atoms with E-state index in [1.54, 1.807) is 0 Å². The van der Waals surface area contributed by atoms with E-state index in [1.807, 2.05) is 0 Å². The van der Waals surface area contributed by atoms with Gasteiger partial charge in [-0.05, 0) is 32.1 Å². The van der Waals surface area contributed by atoms with Crippen molar-refractivity contribution in [3.8, 4) is 0 Å². The predicted octanol–water partition coefficient (Wildman–Crippen LogP) is 3.30. The maximum Gasteiger partial charge on any atom is 0.00982 e. The fraction of sp³-hybridized carbons (Fsp3) is 1.00. The number of hydrogen-bond donors (Lipinski definition) is 0. The van der Waals surface area contributed by atoms with Gasteiger partial charge in [0.05, 0.1) is 0 Å². The molecule has 1 heteroatoms. The van der Waals surface area contributed by atoms with Gasteiger partial charge in [0, 0.05) is 18.6 Å². The second kappa shape index (κ2) is 4.00. The van der Waals surface area contributed by atoms with Gasteiger partial charge in [-0.3, -0.25) is 4.90 Å². The molecule has 0 radical (unpaired) electrons. The van der Waals surface area contributed by atoms with Gasteiger partial charge in [-0.25, -0.2) is 0 Å². The van der Waals surface area contributed by atoms with Crippen LogP contribution in [-0.2, 0) is 0 Å². The summed E-state index contributed by atoms with van der Waals surface area (Å²) < 4.78 is 0. The molecule has 0 atom stereocenters. The Balaban J connectivity index is 2.47. The number of rotatable bonds is 3. The molecule has 0 N–H and O–H groups in total. The van der Waals surface area contributed by atoms with E-state index in [0.29, 0.717) is 11.5 Å². The SMILES string of the molecule is CC(C)N(CC(C)(C)C)C1CCC1. The summed E-state index contributed by atoms with van der Waals surface area (Å²) >= 11 is 0. The lowest BCUT2D eigenvalue weighted by atomic mass is 9.87. The van der Waals surface area contributed by atoms with E-state index in [9.17, 15) is 0 Å². The summed E-state index contributed by atoms with van der Waals surface area (Å²) in [5.74, 6) is 0. The van der Waals surface area contributed by atoms with Gasteiger partial charge >= 0.3 is 0 Å². The zero-order valence-electron chi connectivity index (χ0n) is 9.93. The molecule has 0 amide bonds. The fourth-order valence-corrected chi connectivity index (χ4v) is 2.00. The summed E-state index contributed by atoms with van der Waals surface area (Å²) in [6.07, 6.45) is 4.29. The Morgan fingerprint density at radius 2 is 1.77 bits per heavy atom. The topological polar surface area (TPSA) is 3.24 Å². The lowest BCUT2D eigenvalue weighted by molar-refractivity contribution is 0.0596. The van der Waals surface area contributed by atoms with E-state index in [0.717, 1.165) is 6.04 Å². The summed E-state index contributed by atoms with van der Waals surface area (Å²) in [5, 5.41) is 0. The Morgan fingerprint density at radius 1 is 1.23 bits per heavy atom. The third kappa shape index (κ3) is 3.30. The van der Waals surface area contributed by atoms with Crippen LogP contribution in [0.15, 0.2) is 0 Å². The van der Waals surface area contributed by atoms with E-state index in [-0.39, 0.29) is 0 Å². The molecule has 1 aliphatic rings. The fourth-order valence-electron chi connectivity index (χ4n) is 2.00. The first kappa shape index (κ1) is 11.0. The van der Waals surface area contributed by atoms with E-state index < -0.39 is 0 Å². The molecule has 1 rings (SSSR count). The molecule has 0 heterocycles. The standard InChI is InChI=1S/C12H25N/c1-10(2)13(9-12(3,4)5)11-7-6-8-11/h10-11H,6-9H2,1-5H3. The van der Waals surface area contributed by atoms with Crippen molar-refractivity contribution in [3.05, 3.63) is 0 Å². The molecule has 13 heavy (non-hydrogen) atoms. The van der Waals surface area contributed by atoms with Gasteiger partial charge in [0.1, 0.15) is 0 Å². The first-order valence-corrected chi connectivity index (χ1v) is 5.66. The molecule has 0 saturated heterocycles. The van der Waals surface area contributed by atoms with Crippen molar-refractivity contribution in [2.45, 2.75) is 66.0 Å². The molecule has 0 aromatic rings. The highest BCUT2D eigenvalue weighted by Gasteiger charge is 2.29. The van der Waals surface area contributed by atoms with E-state index in [2.05, 4.69) is 39.5 Å². The normalized spacial score (nSPS) is 19.6. The Bertz CT molecular complexity index is 151. The van der Waals surface area contributed by atoms with Crippen LogP contribution in [0.3, 0.4) is 0 Å². The Morgan fingerprint density at radius 3 is 2.00 bits per heavy atom. The molecule has 0 aromatic heterocycles. The molecule has 0 aromatic carbocycles. The van der Waals surface area contributed by atoms with E-state index in [1.165, 1.54) is 25.8 Å². The van der Waals surface area contributed by atoms with Gasteiger partial charge in [-0.1, -0.05) is 27.2 Å². The van der Waals surface area contributed by atoms with Crippen LogP contribution < -0.4 is 0 Å². The molecule has 1 aliphatic carbocycles. The van der Waals surface area contributed by atoms with Crippen LogP contribution in [0.25, 0.3) is 0 Å². The highest BCUT2D eigenvalue weighted by atomic mass is 15.2. The van der Waals surface area contributed by atoms with Crippen LogP contribution in [0, 0.1) is 5.41 Å². The molecular formula is C12H25N. The molecule has 0 bridgehead atoms. The van der Waals surface area contributed by atoms with Gasteiger partial charge < -0.3 is 0 Å². The van der Waals surface area contributed by atoms with Crippen LogP contribution in [0.2, 0.25) is 0 Å². The average molecular weight is 183 g/mol. The molecule has 1 nitrogen and oxygen atoms in total. The molecule has 78 valence electrons. The summed E-state index contributed by atoms with van der Waals surface area (Å²) in [6.45, 7) is 12.9. The minimum atomic E-state index is 0.444. The zero-order chi connectivity index (χ0) is 10.1. The van der Waals surface area contributed by atoms with Gasteiger partial charge in [0.25, 0.3) is 0 Å². The molecule has 0 unspecified atom stereocenters. The smallest absolute Gasteiger partial charge is 0.00982 e. The highest BCUT2D eigenvalue weighted by Crippen LogP contribution is 2.29. The van der Waals surface area contributed by atoms with Crippen LogP contribution in [0.4, 0.5) is 0 Å². The van der Waals surface area contributed by atoms with Crippen LogP contribution in [-0.4, -0.2) is 23.5 Å². The van der Waals surface area contributed by atoms with E-state index in [4.69, 9.17) is 0 Å². The molecule has 0 spiro atoms. The third-order valence-corrected chi connectivity index (χ3v) is 2.86. The Hall–Kier alpha value is -0.0400. The minimum Gasteiger partial charge on any atom is -0.297 e. The van der Waals surface area contributed by atoms with Crippen molar-refractivity contribution < 1.29 is 0 Å². The van der Waals surface area contributed by atoms with Crippen molar-refractivity contribution >= 4 is 0 Å². The van der Waals surface area contributed by atoms with Crippen LogP contribution in [0.5, 0.6) is 0 Å². The monoisotopic (exact) mass is 183 g/mol. The van der Waals surface area contributed by atoms with Gasteiger partial charge in [0.2, 0.25) is 0 Å². The summed E-state index contributed by atoms with van der Waals surface area (Å²) in [7, 11) is 0. The van der Waals surface area contributed by atoms with Crippen molar-refractivity contribution in [3.63, 3.8) is 0 Å². The quantitative estimate of drug-likeness (QED) is 0.649. The van der Waals surface area contributed by atoms with Crippen LogP contribution >= 0.6 is 0 Å². The van der Waals surface area contributed by atoms with Crippen molar-refractivity contribution in [2.75, 3.05) is 6.54 Å². The van der Waals surface area contributed by atoms with E-state index >= 15 is 0 Å². The largest absolute Gasteiger partial charge is 0.297 e. The third-order valence-electron chi connectivity index (χ3n) is 2.86. The lowest BCUT2D eigenvalue weighted by Gasteiger charge is -2.43. The first-order chi connectivity index (χ1) is 5.90. The number of hydrogen-bond acceptors (Lipinski definition) is 1. The Labute approximate surface area is 83.5 Å². The molecular weight excluding hydrogens is 158 g/mol. The second-order valence-electron chi connectivity index (χ2n) is 5.91. The summed E-state index contributed by atoms with van der Waals surface area (Å²) in [4.78, 5) is 2.68. The lowest BCUT2D eigenvalue weighted by Crippen LogP contribution is -2.47. The van der Waals surface area contributed by atoms with Gasteiger partial charge in [0.15, 0.2) is 0 Å². The summed E-state index contributed by atoms with van der Waals surface area (Å²) in [6, 6.07) is 1.60. The van der Waals surface area contributed by atoms with Crippen molar-refractivity contribution in [1.29, 1.82) is 0 Å². The maximum absolute atomic E-state index is 2.68. The Kier molecular flexibility index (Phi) is 3.39.